The zero-order chi connectivity index (χ0) is 14.9. The lowest BCUT2D eigenvalue weighted by molar-refractivity contribution is 0.102. The molecule has 0 saturated heterocycles. The van der Waals surface area contributed by atoms with E-state index in [-0.39, 0.29) is 21.4 Å². The normalized spacial score (nSPS) is 10.4. The molecule has 2 aromatic rings. The SMILES string of the molecule is Nc1cc(F)ccc1C(=O)Nc1cc(Br)c(F)cc1F. The molecule has 0 aliphatic rings. The number of nitrogens with two attached hydrogens (primary N) is 1. The third-order valence-electron chi connectivity index (χ3n) is 2.52. The Kier molecular flexibility index (Phi) is 3.99. The number of nitrogens with one attached hydrogen (secondary N) is 1. The number of carbonyl (C=O) groups excluding carboxylic acids is 1. The summed E-state index contributed by atoms with van der Waals surface area (Å²) in [7, 11) is 0. The fourth-order valence-corrected chi connectivity index (χ4v) is 1.89. The molecule has 2 aromatic carbocycles. The molecule has 0 spiro atoms. The number of amides is 1. The van der Waals surface area contributed by atoms with Crippen molar-refractivity contribution in [2.45, 2.75) is 0 Å². The average Bonchev–Trinajstić information content (AvgIpc) is 2.35. The van der Waals surface area contributed by atoms with Gasteiger partial charge in [-0.15, -0.1) is 0 Å². The van der Waals surface area contributed by atoms with Gasteiger partial charge in [-0.25, -0.2) is 13.2 Å². The van der Waals surface area contributed by atoms with Crippen LogP contribution in [0.25, 0.3) is 0 Å². The van der Waals surface area contributed by atoms with Crippen LogP contribution in [0, 0.1) is 17.5 Å². The van der Waals surface area contributed by atoms with Gasteiger partial charge in [0.15, 0.2) is 0 Å². The van der Waals surface area contributed by atoms with E-state index in [1.165, 1.54) is 6.07 Å². The van der Waals surface area contributed by atoms with Gasteiger partial charge in [-0.1, -0.05) is 0 Å². The first-order valence-corrected chi connectivity index (χ1v) is 6.18. The number of hydrogen-bond donors (Lipinski definition) is 2. The number of anilines is 2. The minimum absolute atomic E-state index is 0.00118. The Morgan fingerprint density at radius 3 is 2.45 bits per heavy atom. The van der Waals surface area contributed by atoms with Crippen LogP contribution in [0.3, 0.4) is 0 Å². The molecule has 3 N–H and O–H groups in total. The Hall–Kier alpha value is -2.02. The summed E-state index contributed by atoms with van der Waals surface area (Å²) in [5.74, 6) is -3.03. The van der Waals surface area contributed by atoms with E-state index in [0.29, 0.717) is 6.07 Å². The zero-order valence-electron chi connectivity index (χ0n) is 9.88. The van der Waals surface area contributed by atoms with Crippen molar-refractivity contribution in [3.8, 4) is 0 Å². The van der Waals surface area contributed by atoms with Gasteiger partial charge >= 0.3 is 0 Å². The first-order valence-electron chi connectivity index (χ1n) is 5.39. The van der Waals surface area contributed by atoms with E-state index in [1.807, 2.05) is 0 Å². The van der Waals surface area contributed by atoms with Crippen LogP contribution in [-0.4, -0.2) is 5.91 Å². The van der Waals surface area contributed by atoms with Crippen molar-refractivity contribution < 1.29 is 18.0 Å². The molecule has 0 aliphatic carbocycles. The second-order valence-electron chi connectivity index (χ2n) is 3.93. The molecule has 3 nitrogen and oxygen atoms in total. The quantitative estimate of drug-likeness (QED) is 0.644. The van der Waals surface area contributed by atoms with Gasteiger partial charge in [0.2, 0.25) is 0 Å². The van der Waals surface area contributed by atoms with Crippen LogP contribution in [0.15, 0.2) is 34.8 Å². The minimum atomic E-state index is -0.931. The predicted octanol–water partition coefficient (Wildman–Crippen LogP) is 3.70. The summed E-state index contributed by atoms with van der Waals surface area (Å²) in [5.41, 5.74) is 5.20. The van der Waals surface area contributed by atoms with Crippen molar-refractivity contribution in [3.63, 3.8) is 0 Å². The molecule has 7 heteroatoms. The number of nitrogen functional groups attached to an aromatic ring is 1. The molecule has 104 valence electrons. The number of carbonyl (C=O) groups is 1. The van der Waals surface area contributed by atoms with E-state index >= 15 is 0 Å². The fourth-order valence-electron chi connectivity index (χ4n) is 1.55. The Balaban J connectivity index is 2.30. The van der Waals surface area contributed by atoms with Crippen LogP contribution < -0.4 is 11.1 Å². The second kappa shape index (κ2) is 5.54. The largest absolute Gasteiger partial charge is 0.398 e. The van der Waals surface area contributed by atoms with Crippen LogP contribution in [0.4, 0.5) is 24.5 Å². The molecule has 0 heterocycles. The van der Waals surface area contributed by atoms with Gasteiger partial charge in [-0.2, -0.15) is 0 Å². The van der Waals surface area contributed by atoms with E-state index in [1.54, 1.807) is 0 Å². The summed E-state index contributed by atoms with van der Waals surface area (Å²) in [4.78, 5) is 11.9. The molecule has 0 atom stereocenters. The first kappa shape index (κ1) is 14.4. The Morgan fingerprint density at radius 1 is 1.10 bits per heavy atom. The minimum Gasteiger partial charge on any atom is -0.398 e. The molecule has 0 aromatic heterocycles. The smallest absolute Gasteiger partial charge is 0.257 e. The predicted molar refractivity (Wildman–Crippen MR) is 72.8 cm³/mol. The van der Waals surface area contributed by atoms with Gasteiger partial charge in [0.1, 0.15) is 17.5 Å². The van der Waals surface area contributed by atoms with Crippen molar-refractivity contribution in [1.82, 2.24) is 0 Å². The Morgan fingerprint density at radius 2 is 1.80 bits per heavy atom. The molecular formula is C13H8BrF3N2O. The number of benzene rings is 2. The third-order valence-corrected chi connectivity index (χ3v) is 3.12. The van der Waals surface area contributed by atoms with Gasteiger partial charge < -0.3 is 11.1 Å². The number of rotatable bonds is 2. The molecule has 1 amide bonds. The maximum Gasteiger partial charge on any atom is 0.257 e. The Bertz CT molecular complexity index is 692. The lowest BCUT2D eigenvalue weighted by Gasteiger charge is -2.09. The summed E-state index contributed by atoms with van der Waals surface area (Å²) in [6.45, 7) is 0. The highest BCUT2D eigenvalue weighted by molar-refractivity contribution is 9.10. The third kappa shape index (κ3) is 2.93. The molecule has 0 saturated carbocycles. The van der Waals surface area contributed by atoms with Gasteiger partial charge in [-0.3, -0.25) is 4.79 Å². The van der Waals surface area contributed by atoms with Crippen LogP contribution in [-0.2, 0) is 0 Å². The van der Waals surface area contributed by atoms with Crippen molar-refractivity contribution in [1.29, 1.82) is 0 Å². The van der Waals surface area contributed by atoms with E-state index in [4.69, 9.17) is 5.73 Å². The highest BCUT2D eigenvalue weighted by Gasteiger charge is 2.14. The molecule has 2 rings (SSSR count). The highest BCUT2D eigenvalue weighted by atomic mass is 79.9. The summed E-state index contributed by atoms with van der Waals surface area (Å²) in [6, 6.07) is 4.93. The van der Waals surface area contributed by atoms with Gasteiger partial charge in [0.25, 0.3) is 5.91 Å². The second-order valence-corrected chi connectivity index (χ2v) is 4.79. The van der Waals surface area contributed by atoms with Crippen LogP contribution in [0.2, 0.25) is 0 Å². The lowest BCUT2D eigenvalue weighted by Crippen LogP contribution is -2.15. The summed E-state index contributed by atoms with van der Waals surface area (Å²) in [5, 5.41) is 2.24. The molecule has 0 unspecified atom stereocenters. The van der Waals surface area contributed by atoms with E-state index in [0.717, 1.165) is 18.2 Å². The maximum absolute atomic E-state index is 13.5. The summed E-state index contributed by atoms with van der Waals surface area (Å²) >= 11 is 2.88. The zero-order valence-corrected chi connectivity index (χ0v) is 11.5. The van der Waals surface area contributed by atoms with Crippen LogP contribution >= 0.6 is 15.9 Å². The molecule has 0 radical (unpaired) electrons. The van der Waals surface area contributed by atoms with Crippen molar-refractivity contribution >= 4 is 33.2 Å². The Labute approximate surface area is 120 Å². The van der Waals surface area contributed by atoms with Crippen molar-refractivity contribution in [3.05, 3.63) is 57.8 Å². The number of halogens is 4. The average molecular weight is 345 g/mol. The topological polar surface area (TPSA) is 55.1 Å². The molecule has 20 heavy (non-hydrogen) atoms. The molecule has 0 aliphatic heterocycles. The first-order chi connectivity index (χ1) is 9.38. The fraction of sp³-hybridized carbons (Fsp3) is 0. The van der Waals surface area contributed by atoms with E-state index < -0.39 is 23.4 Å². The monoisotopic (exact) mass is 344 g/mol. The molecule has 0 bridgehead atoms. The van der Waals surface area contributed by atoms with Crippen molar-refractivity contribution in [2.24, 2.45) is 0 Å². The van der Waals surface area contributed by atoms with Crippen molar-refractivity contribution in [2.75, 3.05) is 11.1 Å². The summed E-state index contributed by atoms with van der Waals surface area (Å²) < 4.78 is 39.5. The van der Waals surface area contributed by atoms with Gasteiger partial charge in [0.05, 0.1) is 15.7 Å². The van der Waals surface area contributed by atoms with Gasteiger partial charge in [0, 0.05) is 11.8 Å². The van der Waals surface area contributed by atoms with E-state index in [9.17, 15) is 18.0 Å². The van der Waals surface area contributed by atoms with Crippen LogP contribution in [0.5, 0.6) is 0 Å². The van der Waals surface area contributed by atoms with Crippen LogP contribution in [0.1, 0.15) is 10.4 Å². The summed E-state index contributed by atoms with van der Waals surface area (Å²) in [6.07, 6.45) is 0. The number of hydrogen-bond acceptors (Lipinski definition) is 2. The molecular weight excluding hydrogens is 337 g/mol. The standard InChI is InChI=1S/C13H8BrF3N2O/c14-8-4-12(10(17)5-9(8)16)19-13(20)7-2-1-6(15)3-11(7)18/h1-5H,18H2,(H,19,20). The van der Waals surface area contributed by atoms with E-state index in [2.05, 4.69) is 21.2 Å². The molecule has 0 fully saturated rings. The highest BCUT2D eigenvalue weighted by Crippen LogP contribution is 2.24. The lowest BCUT2D eigenvalue weighted by atomic mass is 10.1. The van der Waals surface area contributed by atoms with Gasteiger partial charge in [-0.05, 0) is 40.2 Å². The maximum atomic E-state index is 13.5.